The van der Waals surface area contributed by atoms with Crippen molar-refractivity contribution in [2.75, 3.05) is 39.3 Å². The largest absolute Gasteiger partial charge is 0.373 e. The summed E-state index contributed by atoms with van der Waals surface area (Å²) in [6.07, 6.45) is 7.56. The summed E-state index contributed by atoms with van der Waals surface area (Å²) < 4.78 is 6.35. The van der Waals surface area contributed by atoms with Crippen molar-refractivity contribution >= 4 is 16.8 Å². The minimum atomic E-state index is -0.136. The summed E-state index contributed by atoms with van der Waals surface area (Å²) >= 11 is 0. The van der Waals surface area contributed by atoms with E-state index in [1.54, 1.807) is 6.20 Å². The second-order valence-electron chi connectivity index (χ2n) is 8.82. The highest BCUT2D eigenvalue weighted by Gasteiger charge is 2.44. The highest BCUT2D eigenvalue weighted by Crippen LogP contribution is 2.38. The summed E-state index contributed by atoms with van der Waals surface area (Å²) in [5, 5.41) is 1.02. The second-order valence-corrected chi connectivity index (χ2v) is 8.82. The van der Waals surface area contributed by atoms with Crippen molar-refractivity contribution in [3.8, 4) is 0 Å². The minimum Gasteiger partial charge on any atom is -0.373 e. The van der Waals surface area contributed by atoms with Gasteiger partial charge in [-0.05, 0) is 63.2 Å². The molecule has 3 aliphatic heterocycles. The Balaban J connectivity index is 1.27. The van der Waals surface area contributed by atoms with Crippen LogP contribution in [0.15, 0.2) is 36.5 Å². The van der Waals surface area contributed by atoms with Gasteiger partial charge in [0.05, 0.1) is 23.3 Å². The second kappa shape index (κ2) is 7.45. The molecule has 148 valence electrons. The molecule has 1 amide bonds. The van der Waals surface area contributed by atoms with Gasteiger partial charge in [0.1, 0.15) is 0 Å². The standard InChI is InChI=1S/C23H29N3O2/c27-22(20-12-19-6-1-2-7-21(19)24-14-20)26-11-5-8-23(17-26)13-18(16-28-23)15-25-9-3-4-10-25/h1-2,6-7,12,14,18H,3-5,8-11,13,15-17H2. The molecule has 0 saturated carbocycles. The van der Waals surface area contributed by atoms with Crippen LogP contribution >= 0.6 is 0 Å². The number of piperidine rings is 1. The van der Waals surface area contributed by atoms with Crippen molar-refractivity contribution in [3.63, 3.8) is 0 Å². The summed E-state index contributed by atoms with van der Waals surface area (Å²) in [5.41, 5.74) is 1.48. The molecule has 3 fully saturated rings. The summed E-state index contributed by atoms with van der Waals surface area (Å²) in [7, 11) is 0. The average molecular weight is 380 g/mol. The maximum atomic E-state index is 13.2. The molecule has 0 bridgehead atoms. The fourth-order valence-corrected chi connectivity index (χ4v) is 5.31. The molecular weight excluding hydrogens is 350 g/mol. The van der Waals surface area contributed by atoms with Gasteiger partial charge in [0.25, 0.3) is 5.91 Å². The summed E-state index contributed by atoms with van der Waals surface area (Å²) in [6, 6.07) is 9.92. The summed E-state index contributed by atoms with van der Waals surface area (Å²) in [6.45, 7) is 6.01. The Labute approximate surface area is 166 Å². The third-order valence-corrected chi connectivity index (χ3v) is 6.67. The quantitative estimate of drug-likeness (QED) is 0.821. The first-order valence-electron chi connectivity index (χ1n) is 10.7. The normalized spacial score (nSPS) is 28.4. The van der Waals surface area contributed by atoms with Gasteiger partial charge in [0.15, 0.2) is 0 Å². The molecule has 1 aromatic carbocycles. The maximum absolute atomic E-state index is 13.2. The lowest BCUT2D eigenvalue weighted by molar-refractivity contribution is -0.0450. The van der Waals surface area contributed by atoms with Crippen LogP contribution in [0.5, 0.6) is 0 Å². The Morgan fingerprint density at radius 3 is 2.93 bits per heavy atom. The van der Waals surface area contributed by atoms with Crippen LogP contribution in [0.25, 0.3) is 10.9 Å². The Morgan fingerprint density at radius 2 is 2.04 bits per heavy atom. The van der Waals surface area contributed by atoms with Crippen LogP contribution < -0.4 is 0 Å². The molecule has 5 heteroatoms. The molecule has 1 spiro atoms. The van der Waals surface area contributed by atoms with Gasteiger partial charge < -0.3 is 14.5 Å². The first-order valence-corrected chi connectivity index (χ1v) is 10.7. The number of aromatic nitrogens is 1. The number of carbonyl (C=O) groups excluding carboxylic acids is 1. The van der Waals surface area contributed by atoms with Crippen LogP contribution in [0, 0.1) is 5.92 Å². The molecule has 5 rings (SSSR count). The first kappa shape index (κ1) is 18.1. The smallest absolute Gasteiger partial charge is 0.255 e. The monoisotopic (exact) mass is 379 g/mol. The number of para-hydroxylation sites is 1. The molecule has 0 N–H and O–H groups in total. The molecule has 0 radical (unpaired) electrons. The van der Waals surface area contributed by atoms with Gasteiger partial charge in [-0.2, -0.15) is 0 Å². The number of hydrogen-bond acceptors (Lipinski definition) is 4. The number of nitrogens with zero attached hydrogens (tertiary/aromatic N) is 3. The summed E-state index contributed by atoms with van der Waals surface area (Å²) in [4.78, 5) is 22.2. The Bertz CT molecular complexity index is 864. The molecule has 28 heavy (non-hydrogen) atoms. The Morgan fingerprint density at radius 1 is 1.18 bits per heavy atom. The number of carbonyl (C=O) groups is 1. The number of benzene rings is 1. The van der Waals surface area contributed by atoms with Crippen LogP contribution in [-0.2, 0) is 4.74 Å². The van der Waals surface area contributed by atoms with Crippen LogP contribution in [0.2, 0.25) is 0 Å². The van der Waals surface area contributed by atoms with Crippen molar-refractivity contribution in [1.29, 1.82) is 0 Å². The minimum absolute atomic E-state index is 0.0870. The van der Waals surface area contributed by atoms with Gasteiger partial charge in [-0.25, -0.2) is 0 Å². The molecule has 3 saturated heterocycles. The number of ether oxygens (including phenoxy) is 1. The number of hydrogen-bond donors (Lipinski definition) is 0. The van der Waals surface area contributed by atoms with Gasteiger partial charge >= 0.3 is 0 Å². The zero-order chi connectivity index (χ0) is 19.0. The predicted octanol–water partition coefficient (Wildman–Crippen LogP) is 3.34. The maximum Gasteiger partial charge on any atom is 0.255 e. The van der Waals surface area contributed by atoms with E-state index in [-0.39, 0.29) is 11.5 Å². The lowest BCUT2D eigenvalue weighted by atomic mass is 9.86. The van der Waals surface area contributed by atoms with Crippen molar-refractivity contribution < 1.29 is 9.53 Å². The molecule has 0 aliphatic carbocycles. The molecule has 5 nitrogen and oxygen atoms in total. The highest BCUT2D eigenvalue weighted by atomic mass is 16.5. The van der Waals surface area contributed by atoms with E-state index in [2.05, 4.69) is 9.88 Å². The highest BCUT2D eigenvalue weighted by molar-refractivity contribution is 5.97. The van der Waals surface area contributed by atoms with Crippen molar-refractivity contribution in [3.05, 3.63) is 42.1 Å². The number of amides is 1. The zero-order valence-corrected chi connectivity index (χ0v) is 16.5. The third-order valence-electron chi connectivity index (χ3n) is 6.67. The number of likely N-dealkylation sites (tertiary alicyclic amines) is 2. The van der Waals surface area contributed by atoms with Gasteiger partial charge in [-0.1, -0.05) is 18.2 Å². The fourth-order valence-electron chi connectivity index (χ4n) is 5.31. The molecule has 2 atom stereocenters. The van der Waals surface area contributed by atoms with E-state index >= 15 is 0 Å². The number of fused-ring (bicyclic) bond motifs is 1. The van der Waals surface area contributed by atoms with E-state index in [1.807, 2.05) is 35.2 Å². The first-order chi connectivity index (χ1) is 13.7. The van der Waals surface area contributed by atoms with E-state index in [4.69, 9.17) is 4.74 Å². The zero-order valence-electron chi connectivity index (χ0n) is 16.5. The van der Waals surface area contributed by atoms with Crippen LogP contribution in [0.3, 0.4) is 0 Å². The van der Waals surface area contributed by atoms with E-state index < -0.39 is 0 Å². The lowest BCUT2D eigenvalue weighted by Gasteiger charge is -2.40. The Hall–Kier alpha value is -1.98. The molecule has 2 aromatic rings. The van der Waals surface area contributed by atoms with Crippen LogP contribution in [0.1, 0.15) is 42.5 Å². The molecule has 4 heterocycles. The SMILES string of the molecule is O=C(c1cnc2ccccc2c1)N1CCCC2(CC(CN3CCCC3)CO2)C1. The van der Waals surface area contributed by atoms with E-state index in [9.17, 15) is 4.79 Å². The molecule has 3 aliphatic rings. The van der Waals surface area contributed by atoms with Crippen LogP contribution in [-0.4, -0.2) is 65.6 Å². The van der Waals surface area contributed by atoms with Crippen molar-refractivity contribution in [1.82, 2.24) is 14.8 Å². The fraction of sp³-hybridized carbons (Fsp3) is 0.565. The van der Waals surface area contributed by atoms with Crippen LogP contribution in [0.4, 0.5) is 0 Å². The van der Waals surface area contributed by atoms with Gasteiger partial charge in [-0.3, -0.25) is 9.78 Å². The predicted molar refractivity (Wildman–Crippen MR) is 109 cm³/mol. The van der Waals surface area contributed by atoms with E-state index in [0.717, 1.165) is 56.4 Å². The van der Waals surface area contributed by atoms with Gasteiger partial charge in [0.2, 0.25) is 0 Å². The topological polar surface area (TPSA) is 45.7 Å². The number of pyridine rings is 1. The van der Waals surface area contributed by atoms with E-state index in [0.29, 0.717) is 11.5 Å². The van der Waals surface area contributed by atoms with Gasteiger partial charge in [0, 0.05) is 31.2 Å². The van der Waals surface area contributed by atoms with E-state index in [1.165, 1.54) is 25.9 Å². The molecular formula is C23H29N3O2. The van der Waals surface area contributed by atoms with Crippen molar-refractivity contribution in [2.24, 2.45) is 5.92 Å². The third kappa shape index (κ3) is 3.53. The average Bonchev–Trinajstić information content (AvgIpc) is 3.38. The van der Waals surface area contributed by atoms with Gasteiger partial charge in [-0.15, -0.1) is 0 Å². The Kier molecular flexibility index (Phi) is 4.81. The lowest BCUT2D eigenvalue weighted by Crippen LogP contribution is -2.50. The molecule has 1 aromatic heterocycles. The molecule has 2 unspecified atom stereocenters. The number of rotatable bonds is 3. The van der Waals surface area contributed by atoms with Crippen molar-refractivity contribution in [2.45, 2.75) is 37.7 Å². The summed E-state index contributed by atoms with van der Waals surface area (Å²) in [5.74, 6) is 0.694.